The molecule has 0 saturated carbocycles. The van der Waals surface area contributed by atoms with Gasteiger partial charge in [-0.2, -0.15) is 0 Å². The molecule has 2 aliphatic heterocycles. The van der Waals surface area contributed by atoms with Gasteiger partial charge < -0.3 is 20.9 Å². The van der Waals surface area contributed by atoms with Gasteiger partial charge in [0.05, 0.1) is 19.6 Å². The molecule has 26 heavy (non-hydrogen) atoms. The molecule has 0 atom stereocenters. The Morgan fingerprint density at radius 3 is 1.85 bits per heavy atom. The van der Waals surface area contributed by atoms with E-state index in [1.165, 1.54) is 12.8 Å². The highest BCUT2D eigenvalue weighted by Gasteiger charge is 2.24. The number of amides is 3. The summed E-state index contributed by atoms with van der Waals surface area (Å²) in [5.74, 6) is -0.229. The fourth-order valence-corrected chi connectivity index (χ4v) is 3.12. The molecule has 0 aliphatic carbocycles. The van der Waals surface area contributed by atoms with Crippen LogP contribution in [0.3, 0.4) is 0 Å². The highest BCUT2D eigenvalue weighted by molar-refractivity contribution is 5.86. The lowest BCUT2D eigenvalue weighted by atomic mass is 10.2. The maximum Gasteiger partial charge on any atom is 0.242 e. The number of halogens is 2. The number of likely N-dealkylation sites (tertiary alicyclic amines) is 1. The first-order valence-corrected chi connectivity index (χ1v) is 8.85. The number of rotatable bonds is 5. The van der Waals surface area contributed by atoms with Crippen LogP contribution in [0.25, 0.3) is 0 Å². The third-order valence-corrected chi connectivity index (χ3v) is 4.66. The Morgan fingerprint density at radius 1 is 0.769 bits per heavy atom. The van der Waals surface area contributed by atoms with Crippen molar-refractivity contribution >= 4 is 42.5 Å². The van der Waals surface area contributed by atoms with Crippen molar-refractivity contribution in [2.75, 3.05) is 58.9 Å². The van der Waals surface area contributed by atoms with Gasteiger partial charge in [-0.15, -0.1) is 24.8 Å². The van der Waals surface area contributed by atoms with E-state index >= 15 is 0 Å². The molecule has 10 heteroatoms. The summed E-state index contributed by atoms with van der Waals surface area (Å²) in [6.07, 6.45) is 4.63. The van der Waals surface area contributed by atoms with Crippen molar-refractivity contribution in [2.24, 2.45) is 5.73 Å². The van der Waals surface area contributed by atoms with Crippen molar-refractivity contribution in [3.63, 3.8) is 0 Å². The zero-order valence-electron chi connectivity index (χ0n) is 15.2. The van der Waals surface area contributed by atoms with Crippen LogP contribution in [-0.2, 0) is 14.4 Å². The normalized spacial score (nSPS) is 18.2. The molecule has 2 rings (SSSR count). The smallest absolute Gasteiger partial charge is 0.242 e. The summed E-state index contributed by atoms with van der Waals surface area (Å²) in [6, 6.07) is 0. The molecule has 0 aromatic rings. The van der Waals surface area contributed by atoms with Gasteiger partial charge >= 0.3 is 0 Å². The second-order valence-electron chi connectivity index (χ2n) is 6.43. The van der Waals surface area contributed by atoms with E-state index < -0.39 is 0 Å². The van der Waals surface area contributed by atoms with Crippen LogP contribution in [-0.4, -0.2) is 91.3 Å². The van der Waals surface area contributed by atoms with E-state index in [2.05, 4.69) is 10.2 Å². The van der Waals surface area contributed by atoms with Gasteiger partial charge in [0, 0.05) is 39.3 Å². The largest absolute Gasteiger partial charge is 0.346 e. The first-order chi connectivity index (χ1) is 11.6. The summed E-state index contributed by atoms with van der Waals surface area (Å²) in [4.78, 5) is 41.3. The third kappa shape index (κ3) is 8.07. The van der Waals surface area contributed by atoms with Crippen molar-refractivity contribution in [2.45, 2.75) is 25.7 Å². The van der Waals surface area contributed by atoms with E-state index in [1.807, 2.05) is 4.90 Å². The fraction of sp³-hybridized carbons (Fsp3) is 0.812. The number of piperazine rings is 1. The van der Waals surface area contributed by atoms with Gasteiger partial charge in [-0.1, -0.05) is 12.8 Å². The summed E-state index contributed by atoms with van der Waals surface area (Å²) in [6.45, 7) is 4.62. The molecule has 2 aliphatic rings. The number of nitrogens with two attached hydrogens (primary N) is 1. The van der Waals surface area contributed by atoms with Crippen LogP contribution >= 0.6 is 24.8 Å². The number of hydrogen-bond acceptors (Lipinski definition) is 5. The SMILES string of the molecule is Cl.Cl.NCC(=O)NCC(=O)N1CCN(CC(=O)N2CCCCCC2)CC1. The quantitative estimate of drug-likeness (QED) is 0.632. The average Bonchev–Trinajstić information content (AvgIpc) is 2.89. The van der Waals surface area contributed by atoms with E-state index in [9.17, 15) is 14.4 Å². The Morgan fingerprint density at radius 2 is 1.31 bits per heavy atom. The van der Waals surface area contributed by atoms with E-state index in [0.717, 1.165) is 25.9 Å². The van der Waals surface area contributed by atoms with Gasteiger partial charge in [0.15, 0.2) is 0 Å². The van der Waals surface area contributed by atoms with Crippen molar-refractivity contribution in [1.29, 1.82) is 0 Å². The standard InChI is InChI=1S/C16H29N5O3.2ClH/c17-11-14(22)18-12-15(23)21-9-7-19(8-10-21)13-16(24)20-5-3-1-2-4-6-20;;/h1-13,17H2,(H,18,22);2*1H. The lowest BCUT2D eigenvalue weighted by Crippen LogP contribution is -2.53. The van der Waals surface area contributed by atoms with Crippen LogP contribution in [0.4, 0.5) is 0 Å². The van der Waals surface area contributed by atoms with E-state index in [1.54, 1.807) is 4.90 Å². The molecule has 152 valence electrons. The highest BCUT2D eigenvalue weighted by Crippen LogP contribution is 2.11. The van der Waals surface area contributed by atoms with Crippen LogP contribution in [0.2, 0.25) is 0 Å². The molecule has 2 saturated heterocycles. The molecule has 0 radical (unpaired) electrons. The third-order valence-electron chi connectivity index (χ3n) is 4.66. The van der Waals surface area contributed by atoms with Crippen LogP contribution in [0.5, 0.6) is 0 Å². The van der Waals surface area contributed by atoms with E-state index in [0.29, 0.717) is 32.7 Å². The zero-order valence-corrected chi connectivity index (χ0v) is 16.8. The minimum absolute atomic E-state index is 0. The van der Waals surface area contributed by atoms with Crippen molar-refractivity contribution < 1.29 is 14.4 Å². The molecule has 0 aromatic heterocycles. The average molecular weight is 412 g/mol. The minimum atomic E-state index is -0.329. The van der Waals surface area contributed by atoms with Crippen molar-refractivity contribution in [3.8, 4) is 0 Å². The Hall–Kier alpha value is -1.09. The fourth-order valence-electron chi connectivity index (χ4n) is 3.12. The number of nitrogens with zero attached hydrogens (tertiary/aromatic N) is 3. The Kier molecular flexibility index (Phi) is 12.6. The predicted molar refractivity (Wildman–Crippen MR) is 105 cm³/mol. The number of hydrogen-bond donors (Lipinski definition) is 2. The maximum absolute atomic E-state index is 12.4. The molecule has 0 unspecified atom stereocenters. The number of nitrogens with one attached hydrogen (secondary N) is 1. The first-order valence-electron chi connectivity index (χ1n) is 8.85. The highest BCUT2D eigenvalue weighted by atomic mass is 35.5. The lowest BCUT2D eigenvalue weighted by molar-refractivity contribution is -0.136. The molecule has 0 spiro atoms. The second kappa shape index (κ2) is 13.1. The maximum atomic E-state index is 12.4. The summed E-state index contributed by atoms with van der Waals surface area (Å²) in [5, 5.41) is 2.49. The van der Waals surface area contributed by atoms with Crippen molar-refractivity contribution in [3.05, 3.63) is 0 Å². The molecule has 2 heterocycles. The Labute approximate surface area is 167 Å². The first kappa shape index (κ1) is 24.9. The van der Waals surface area contributed by atoms with Crippen molar-refractivity contribution in [1.82, 2.24) is 20.0 Å². The van der Waals surface area contributed by atoms with Crippen LogP contribution in [0.1, 0.15) is 25.7 Å². The second-order valence-corrected chi connectivity index (χ2v) is 6.43. The molecule has 8 nitrogen and oxygen atoms in total. The lowest BCUT2D eigenvalue weighted by Gasteiger charge is -2.35. The number of carbonyl (C=O) groups excluding carboxylic acids is 3. The summed E-state index contributed by atoms with van der Waals surface area (Å²) >= 11 is 0. The monoisotopic (exact) mass is 411 g/mol. The van der Waals surface area contributed by atoms with Gasteiger partial charge in [-0.25, -0.2) is 0 Å². The Balaban J connectivity index is 0.00000312. The van der Waals surface area contributed by atoms with Gasteiger partial charge in [0.1, 0.15) is 0 Å². The summed E-state index contributed by atoms with van der Waals surface area (Å²) in [5.41, 5.74) is 5.19. The molecular formula is C16H31Cl2N5O3. The zero-order chi connectivity index (χ0) is 17.4. The minimum Gasteiger partial charge on any atom is -0.346 e. The van der Waals surface area contributed by atoms with E-state index in [-0.39, 0.29) is 55.6 Å². The van der Waals surface area contributed by atoms with Gasteiger partial charge in [-0.3, -0.25) is 19.3 Å². The molecular weight excluding hydrogens is 381 g/mol. The van der Waals surface area contributed by atoms with Crippen LogP contribution in [0, 0.1) is 0 Å². The number of carbonyl (C=O) groups is 3. The topological polar surface area (TPSA) is 99.0 Å². The Bertz CT molecular complexity index is 451. The summed E-state index contributed by atoms with van der Waals surface area (Å²) in [7, 11) is 0. The van der Waals surface area contributed by atoms with E-state index in [4.69, 9.17) is 5.73 Å². The summed E-state index contributed by atoms with van der Waals surface area (Å²) < 4.78 is 0. The van der Waals surface area contributed by atoms with Gasteiger partial charge in [0.25, 0.3) is 0 Å². The predicted octanol–water partition coefficient (Wildman–Crippen LogP) is -0.548. The molecule has 3 amide bonds. The van der Waals surface area contributed by atoms with Crippen LogP contribution < -0.4 is 11.1 Å². The molecule has 3 N–H and O–H groups in total. The molecule has 2 fully saturated rings. The van der Waals surface area contributed by atoms with Gasteiger partial charge in [0.2, 0.25) is 17.7 Å². The van der Waals surface area contributed by atoms with Gasteiger partial charge in [-0.05, 0) is 12.8 Å². The van der Waals surface area contributed by atoms with Crippen LogP contribution in [0.15, 0.2) is 0 Å². The molecule has 0 bridgehead atoms. The molecule has 0 aromatic carbocycles.